The molecule has 0 aliphatic carbocycles. The number of benzene rings is 1. The van der Waals surface area contributed by atoms with E-state index in [1.165, 1.54) is 0 Å². The number of rotatable bonds is 4. The van der Waals surface area contributed by atoms with Gasteiger partial charge in [0, 0.05) is 12.4 Å². The fourth-order valence-electron chi connectivity index (χ4n) is 1.89. The fourth-order valence-corrected chi connectivity index (χ4v) is 1.89. The Hall–Kier alpha value is -3.66. The number of phenols is 1. The summed E-state index contributed by atoms with van der Waals surface area (Å²) in [5.74, 6) is 0.942. The standard InChI is InChI=1S/C16H12N6O/c1-17-14-15(19-9-11-4-6-13(23)7-5-11)21-22-16(14)20-12-3-2-8-18-10-12/h2-10,23H,(H2,20,21,22). The van der Waals surface area contributed by atoms with Crippen LogP contribution in [0.4, 0.5) is 23.0 Å². The molecule has 0 unspecified atom stereocenters. The van der Waals surface area contributed by atoms with Crippen molar-refractivity contribution in [3.05, 3.63) is 65.8 Å². The van der Waals surface area contributed by atoms with Gasteiger partial charge in [-0.25, -0.2) is 9.84 Å². The van der Waals surface area contributed by atoms with Crippen molar-refractivity contribution in [2.75, 3.05) is 5.32 Å². The predicted molar refractivity (Wildman–Crippen MR) is 87.7 cm³/mol. The van der Waals surface area contributed by atoms with E-state index in [1.807, 2.05) is 6.07 Å². The minimum Gasteiger partial charge on any atom is -0.508 e. The summed E-state index contributed by atoms with van der Waals surface area (Å²) in [6.07, 6.45) is 4.90. The molecule has 23 heavy (non-hydrogen) atoms. The second kappa shape index (κ2) is 6.41. The van der Waals surface area contributed by atoms with Gasteiger partial charge in [0.2, 0.25) is 0 Å². The van der Waals surface area contributed by atoms with Crippen LogP contribution in [0.15, 0.2) is 53.8 Å². The number of aromatic amines is 1. The van der Waals surface area contributed by atoms with Gasteiger partial charge in [0.25, 0.3) is 5.69 Å². The Balaban J connectivity index is 1.84. The highest BCUT2D eigenvalue weighted by molar-refractivity contribution is 5.86. The molecule has 0 amide bonds. The van der Waals surface area contributed by atoms with Gasteiger partial charge in [-0.05, 0) is 42.0 Å². The molecule has 0 saturated carbocycles. The van der Waals surface area contributed by atoms with Crippen LogP contribution in [0.25, 0.3) is 4.85 Å². The van der Waals surface area contributed by atoms with E-state index in [2.05, 4.69) is 30.3 Å². The molecule has 3 aromatic rings. The molecular weight excluding hydrogens is 292 g/mol. The summed E-state index contributed by atoms with van der Waals surface area (Å²) in [5.41, 5.74) is 1.84. The van der Waals surface area contributed by atoms with Gasteiger partial charge in [0.15, 0.2) is 5.82 Å². The predicted octanol–water partition coefficient (Wildman–Crippen LogP) is 3.56. The van der Waals surface area contributed by atoms with Crippen molar-refractivity contribution in [3.63, 3.8) is 0 Å². The largest absolute Gasteiger partial charge is 0.508 e. The van der Waals surface area contributed by atoms with Crippen LogP contribution in [-0.4, -0.2) is 26.5 Å². The molecule has 0 atom stereocenters. The van der Waals surface area contributed by atoms with E-state index >= 15 is 0 Å². The van der Waals surface area contributed by atoms with Crippen molar-refractivity contribution < 1.29 is 5.11 Å². The van der Waals surface area contributed by atoms with Gasteiger partial charge in [-0.3, -0.25) is 10.1 Å². The second-order valence-electron chi connectivity index (χ2n) is 4.60. The van der Waals surface area contributed by atoms with E-state index in [1.54, 1.807) is 48.9 Å². The minimum atomic E-state index is 0.187. The third kappa shape index (κ3) is 3.33. The van der Waals surface area contributed by atoms with E-state index in [0.29, 0.717) is 17.3 Å². The molecule has 7 heteroatoms. The zero-order valence-corrected chi connectivity index (χ0v) is 11.9. The number of pyridine rings is 1. The topological polar surface area (TPSA) is 90.5 Å². The minimum absolute atomic E-state index is 0.187. The number of nitrogens with one attached hydrogen (secondary N) is 2. The van der Waals surface area contributed by atoms with Crippen LogP contribution in [0.5, 0.6) is 5.75 Å². The van der Waals surface area contributed by atoms with Gasteiger partial charge in [0.1, 0.15) is 11.6 Å². The first-order valence-corrected chi connectivity index (χ1v) is 6.72. The van der Waals surface area contributed by atoms with Crippen LogP contribution in [-0.2, 0) is 0 Å². The number of H-pyrrole nitrogens is 1. The van der Waals surface area contributed by atoms with Crippen molar-refractivity contribution in [2.24, 2.45) is 4.99 Å². The quantitative estimate of drug-likeness (QED) is 0.508. The maximum absolute atomic E-state index is 9.25. The first-order valence-electron chi connectivity index (χ1n) is 6.72. The average Bonchev–Trinajstić information content (AvgIpc) is 2.97. The van der Waals surface area contributed by atoms with Gasteiger partial charge in [-0.1, -0.05) is 0 Å². The molecule has 0 fully saturated rings. The number of phenolic OH excluding ortho intramolecular Hbond substituents is 1. The summed E-state index contributed by atoms with van der Waals surface area (Å²) >= 11 is 0. The maximum atomic E-state index is 9.25. The summed E-state index contributed by atoms with van der Waals surface area (Å²) < 4.78 is 0. The van der Waals surface area contributed by atoms with Crippen LogP contribution in [0.1, 0.15) is 5.56 Å². The zero-order valence-electron chi connectivity index (χ0n) is 11.9. The van der Waals surface area contributed by atoms with Gasteiger partial charge in [0.05, 0.1) is 18.5 Å². The van der Waals surface area contributed by atoms with E-state index < -0.39 is 0 Å². The second-order valence-corrected chi connectivity index (χ2v) is 4.60. The number of hydrogen-bond acceptors (Lipinski definition) is 5. The Kier molecular flexibility index (Phi) is 3.98. The summed E-state index contributed by atoms with van der Waals surface area (Å²) in [5, 5.41) is 19.1. The van der Waals surface area contributed by atoms with Crippen molar-refractivity contribution in [1.82, 2.24) is 15.2 Å². The summed E-state index contributed by atoms with van der Waals surface area (Å²) in [6, 6.07) is 10.2. The first kappa shape index (κ1) is 14.3. The molecule has 0 aliphatic rings. The van der Waals surface area contributed by atoms with Crippen LogP contribution < -0.4 is 5.32 Å². The van der Waals surface area contributed by atoms with E-state index in [0.717, 1.165) is 11.3 Å². The highest BCUT2D eigenvalue weighted by Crippen LogP contribution is 2.34. The molecule has 0 bridgehead atoms. The van der Waals surface area contributed by atoms with Crippen molar-refractivity contribution in [3.8, 4) is 5.75 Å². The van der Waals surface area contributed by atoms with E-state index in [-0.39, 0.29) is 5.75 Å². The maximum Gasteiger partial charge on any atom is 0.272 e. The summed E-state index contributed by atoms with van der Waals surface area (Å²) in [6.45, 7) is 7.32. The number of hydrogen-bond donors (Lipinski definition) is 3. The Labute approximate surface area is 132 Å². The van der Waals surface area contributed by atoms with Crippen LogP contribution >= 0.6 is 0 Å². The molecule has 3 rings (SSSR count). The van der Waals surface area contributed by atoms with Crippen molar-refractivity contribution in [2.45, 2.75) is 0 Å². The summed E-state index contributed by atoms with van der Waals surface area (Å²) in [7, 11) is 0. The molecule has 2 heterocycles. The number of nitrogens with zero attached hydrogens (tertiary/aromatic N) is 4. The smallest absolute Gasteiger partial charge is 0.272 e. The molecule has 2 aromatic heterocycles. The molecule has 0 radical (unpaired) electrons. The normalized spacial score (nSPS) is 10.6. The van der Waals surface area contributed by atoms with Gasteiger partial charge < -0.3 is 10.4 Å². The van der Waals surface area contributed by atoms with Crippen LogP contribution in [0.2, 0.25) is 0 Å². The monoisotopic (exact) mass is 304 g/mol. The lowest BCUT2D eigenvalue weighted by Crippen LogP contribution is -1.90. The number of anilines is 2. The lowest BCUT2D eigenvalue weighted by molar-refractivity contribution is 0.475. The molecule has 0 aliphatic heterocycles. The first-order chi connectivity index (χ1) is 11.3. The zero-order chi connectivity index (χ0) is 16.1. The summed E-state index contributed by atoms with van der Waals surface area (Å²) in [4.78, 5) is 11.7. The van der Waals surface area contributed by atoms with Crippen molar-refractivity contribution >= 4 is 29.2 Å². The number of aromatic hydroxyl groups is 1. The average molecular weight is 304 g/mol. The molecule has 112 valence electrons. The molecule has 3 N–H and O–H groups in total. The third-order valence-corrected chi connectivity index (χ3v) is 2.99. The fraction of sp³-hybridized carbons (Fsp3) is 0. The Morgan fingerprint density at radius 1 is 1.26 bits per heavy atom. The molecular formula is C16H12N6O. The molecule has 0 spiro atoms. The number of aliphatic imine (C=N–C) groups is 1. The van der Waals surface area contributed by atoms with Gasteiger partial charge >= 0.3 is 0 Å². The third-order valence-electron chi connectivity index (χ3n) is 2.99. The highest BCUT2D eigenvalue weighted by atomic mass is 16.3. The SMILES string of the molecule is [C-]#[N+]c1c(N=Cc2ccc(O)cc2)n[nH]c1Nc1cccnc1. The van der Waals surface area contributed by atoms with Crippen LogP contribution in [0, 0.1) is 6.57 Å². The highest BCUT2D eigenvalue weighted by Gasteiger charge is 2.12. The lowest BCUT2D eigenvalue weighted by Gasteiger charge is -2.02. The Morgan fingerprint density at radius 2 is 2.09 bits per heavy atom. The van der Waals surface area contributed by atoms with E-state index in [9.17, 15) is 5.11 Å². The molecule has 1 aromatic carbocycles. The van der Waals surface area contributed by atoms with Crippen molar-refractivity contribution in [1.29, 1.82) is 0 Å². The van der Waals surface area contributed by atoms with Gasteiger partial charge in [-0.15, -0.1) is 0 Å². The lowest BCUT2D eigenvalue weighted by atomic mass is 10.2. The van der Waals surface area contributed by atoms with E-state index in [4.69, 9.17) is 6.57 Å². The Morgan fingerprint density at radius 3 is 2.78 bits per heavy atom. The van der Waals surface area contributed by atoms with Gasteiger partial charge in [-0.2, -0.15) is 5.10 Å². The molecule has 0 saturated heterocycles. The van der Waals surface area contributed by atoms with Crippen LogP contribution in [0.3, 0.4) is 0 Å². The molecule has 7 nitrogen and oxygen atoms in total. The number of aromatic nitrogens is 3. The Bertz CT molecular complexity index is 862.